The Labute approximate surface area is 214 Å². The molecule has 1 amide bonds. The van der Waals surface area contributed by atoms with E-state index in [2.05, 4.69) is 28.9 Å². The average Bonchev–Trinajstić information content (AvgIpc) is 3.45. The number of carbonyl (C=O) groups excluding carboxylic acids is 1. The fourth-order valence-electron chi connectivity index (χ4n) is 3.84. The SMILES string of the molecule is CCN(CCO)Cc1sc(-c2nc(-c3cc(C)c(OC[C@@H](O)CC(O)C(N)=O)c(C)c3)no2)cc1C. The minimum absolute atomic E-state index is 0.0917. The number of benzene rings is 1. The molecule has 2 aromatic heterocycles. The summed E-state index contributed by atoms with van der Waals surface area (Å²) < 4.78 is 11.3. The molecule has 0 spiro atoms. The molecule has 3 aromatic rings. The number of amides is 1. The van der Waals surface area contributed by atoms with Crippen LogP contribution in [0.3, 0.4) is 0 Å². The maximum atomic E-state index is 11.0. The second-order valence-electron chi connectivity index (χ2n) is 8.79. The maximum Gasteiger partial charge on any atom is 0.268 e. The van der Waals surface area contributed by atoms with Crippen molar-refractivity contribution < 1.29 is 29.4 Å². The van der Waals surface area contributed by atoms with Crippen LogP contribution in [0.5, 0.6) is 5.75 Å². The van der Waals surface area contributed by atoms with E-state index in [0.717, 1.165) is 40.2 Å². The van der Waals surface area contributed by atoms with Gasteiger partial charge < -0.3 is 30.3 Å². The quantitative estimate of drug-likeness (QED) is 0.266. The van der Waals surface area contributed by atoms with Crippen molar-refractivity contribution in [2.45, 2.75) is 52.9 Å². The third kappa shape index (κ3) is 6.89. The highest BCUT2D eigenvalue weighted by Gasteiger charge is 2.20. The van der Waals surface area contributed by atoms with Gasteiger partial charge in [0, 0.05) is 30.0 Å². The van der Waals surface area contributed by atoms with Crippen LogP contribution in [0, 0.1) is 20.8 Å². The molecule has 10 nitrogen and oxygen atoms in total. The van der Waals surface area contributed by atoms with Crippen molar-refractivity contribution in [3.05, 3.63) is 39.8 Å². The Morgan fingerprint density at radius 2 is 1.89 bits per heavy atom. The van der Waals surface area contributed by atoms with Crippen molar-refractivity contribution in [2.75, 3.05) is 26.3 Å². The minimum atomic E-state index is -1.42. The number of aryl methyl sites for hydroxylation is 3. The molecule has 11 heteroatoms. The average molecular weight is 519 g/mol. The Hall–Kier alpha value is -2.83. The van der Waals surface area contributed by atoms with E-state index in [4.69, 9.17) is 15.0 Å². The largest absolute Gasteiger partial charge is 0.490 e. The molecule has 36 heavy (non-hydrogen) atoms. The molecule has 0 saturated heterocycles. The Kier molecular flexibility index (Phi) is 9.57. The summed E-state index contributed by atoms with van der Waals surface area (Å²) in [4.78, 5) is 19.8. The molecule has 0 fully saturated rings. The molecule has 0 radical (unpaired) electrons. The predicted molar refractivity (Wildman–Crippen MR) is 137 cm³/mol. The lowest BCUT2D eigenvalue weighted by atomic mass is 10.1. The van der Waals surface area contributed by atoms with Gasteiger partial charge in [-0.1, -0.05) is 12.1 Å². The highest BCUT2D eigenvalue weighted by Crippen LogP contribution is 2.34. The zero-order valence-corrected chi connectivity index (χ0v) is 21.8. The number of nitrogens with zero attached hydrogens (tertiary/aromatic N) is 3. The lowest BCUT2D eigenvalue weighted by Crippen LogP contribution is -2.33. The number of aliphatic hydroxyl groups is 3. The summed E-state index contributed by atoms with van der Waals surface area (Å²) in [5, 5.41) is 33.0. The van der Waals surface area contributed by atoms with Crippen molar-refractivity contribution in [3.8, 4) is 27.9 Å². The lowest BCUT2D eigenvalue weighted by Gasteiger charge is -2.18. The summed E-state index contributed by atoms with van der Waals surface area (Å²) in [6.45, 7) is 10.1. The second kappa shape index (κ2) is 12.4. The van der Waals surface area contributed by atoms with Gasteiger partial charge in [-0.2, -0.15) is 4.98 Å². The van der Waals surface area contributed by atoms with Gasteiger partial charge >= 0.3 is 0 Å². The minimum Gasteiger partial charge on any atom is -0.490 e. The van der Waals surface area contributed by atoms with Crippen LogP contribution in [-0.2, 0) is 11.3 Å². The van der Waals surface area contributed by atoms with E-state index in [9.17, 15) is 20.1 Å². The molecule has 1 unspecified atom stereocenters. The van der Waals surface area contributed by atoms with Gasteiger partial charge in [0.05, 0.1) is 17.6 Å². The van der Waals surface area contributed by atoms with Gasteiger partial charge in [0.25, 0.3) is 5.89 Å². The molecule has 0 saturated carbocycles. The number of aliphatic hydroxyl groups excluding tert-OH is 3. The summed E-state index contributed by atoms with van der Waals surface area (Å²) in [6.07, 6.45) is -2.66. The molecular formula is C25H34N4O6S. The van der Waals surface area contributed by atoms with Crippen molar-refractivity contribution in [1.82, 2.24) is 15.0 Å². The first-order chi connectivity index (χ1) is 17.1. The fourth-order valence-corrected chi connectivity index (χ4v) is 4.98. The van der Waals surface area contributed by atoms with E-state index in [1.807, 2.05) is 32.0 Å². The predicted octanol–water partition coefficient (Wildman–Crippen LogP) is 2.18. The van der Waals surface area contributed by atoms with E-state index >= 15 is 0 Å². The van der Waals surface area contributed by atoms with Gasteiger partial charge in [-0.3, -0.25) is 9.69 Å². The zero-order chi connectivity index (χ0) is 26.4. The number of hydrogen-bond acceptors (Lipinski definition) is 10. The summed E-state index contributed by atoms with van der Waals surface area (Å²) in [7, 11) is 0. The van der Waals surface area contributed by atoms with Crippen molar-refractivity contribution in [1.29, 1.82) is 0 Å². The van der Waals surface area contributed by atoms with Crippen LogP contribution < -0.4 is 10.5 Å². The van der Waals surface area contributed by atoms with Crippen LogP contribution in [0.25, 0.3) is 22.2 Å². The van der Waals surface area contributed by atoms with Crippen LogP contribution in [0.2, 0.25) is 0 Å². The number of primary amides is 1. The first-order valence-electron chi connectivity index (χ1n) is 11.8. The number of carbonyl (C=O) groups is 1. The first-order valence-corrected chi connectivity index (χ1v) is 12.6. The van der Waals surface area contributed by atoms with E-state index in [-0.39, 0.29) is 19.6 Å². The number of hydrogen-bond donors (Lipinski definition) is 4. The molecule has 196 valence electrons. The molecule has 0 aliphatic heterocycles. The Morgan fingerprint density at radius 3 is 2.50 bits per heavy atom. The number of ether oxygens (including phenoxy) is 1. The molecule has 2 heterocycles. The lowest BCUT2D eigenvalue weighted by molar-refractivity contribution is -0.127. The molecule has 0 bridgehead atoms. The third-order valence-corrected chi connectivity index (χ3v) is 7.06. The van der Waals surface area contributed by atoms with Crippen LogP contribution in [-0.4, -0.2) is 74.8 Å². The topological polar surface area (TPSA) is 155 Å². The van der Waals surface area contributed by atoms with Crippen molar-refractivity contribution in [3.63, 3.8) is 0 Å². The smallest absolute Gasteiger partial charge is 0.268 e. The standard InChI is InChI=1S/C25H34N4O6S/c1-5-29(6-7-30)12-21-14(2)10-20(36-21)25-27-24(28-35-25)17-8-15(3)22(16(4)9-17)34-13-18(31)11-19(32)23(26)33/h8-10,18-19,30-32H,5-7,11-13H2,1-4H3,(H2,26,33)/t18-,19?/m0/s1. The van der Waals surface area contributed by atoms with Gasteiger partial charge in [-0.05, 0) is 62.2 Å². The number of nitrogens with two attached hydrogens (primary N) is 1. The number of aromatic nitrogens is 2. The zero-order valence-electron chi connectivity index (χ0n) is 21.0. The van der Waals surface area contributed by atoms with Gasteiger partial charge in [-0.15, -0.1) is 11.3 Å². The second-order valence-corrected chi connectivity index (χ2v) is 9.93. The highest BCUT2D eigenvalue weighted by atomic mass is 32.1. The molecule has 0 aliphatic carbocycles. The van der Waals surface area contributed by atoms with Crippen LogP contribution in [0.4, 0.5) is 0 Å². The van der Waals surface area contributed by atoms with Crippen molar-refractivity contribution >= 4 is 17.2 Å². The van der Waals surface area contributed by atoms with E-state index in [1.54, 1.807) is 11.3 Å². The van der Waals surface area contributed by atoms with Crippen molar-refractivity contribution in [2.24, 2.45) is 5.73 Å². The Balaban J connectivity index is 1.73. The first kappa shape index (κ1) is 27.8. The monoisotopic (exact) mass is 518 g/mol. The molecule has 5 N–H and O–H groups in total. The Morgan fingerprint density at radius 1 is 1.19 bits per heavy atom. The van der Waals surface area contributed by atoms with Gasteiger partial charge in [-0.25, -0.2) is 0 Å². The highest BCUT2D eigenvalue weighted by molar-refractivity contribution is 7.15. The van der Waals surface area contributed by atoms with Crippen LogP contribution >= 0.6 is 11.3 Å². The third-order valence-electron chi connectivity index (χ3n) is 5.85. The maximum absolute atomic E-state index is 11.0. The summed E-state index contributed by atoms with van der Waals surface area (Å²) in [5.74, 6) is 0.609. The Bertz CT molecular complexity index is 1150. The van der Waals surface area contributed by atoms with E-state index < -0.39 is 18.1 Å². The summed E-state index contributed by atoms with van der Waals surface area (Å²) >= 11 is 1.60. The van der Waals surface area contributed by atoms with E-state index in [0.29, 0.717) is 24.0 Å². The molecule has 0 aliphatic rings. The van der Waals surface area contributed by atoms with Gasteiger partial charge in [0.2, 0.25) is 11.7 Å². The van der Waals surface area contributed by atoms with E-state index in [1.165, 1.54) is 4.88 Å². The normalized spacial score (nSPS) is 13.2. The number of likely N-dealkylation sites (N-methyl/N-ethyl adjacent to an activating group) is 1. The summed E-state index contributed by atoms with van der Waals surface area (Å²) in [6, 6.07) is 5.79. The molecule has 3 rings (SSSR count). The fraction of sp³-hybridized carbons (Fsp3) is 0.480. The summed E-state index contributed by atoms with van der Waals surface area (Å²) in [5.41, 5.74) is 8.57. The number of thiophene rings is 1. The molecular weight excluding hydrogens is 484 g/mol. The van der Waals surface area contributed by atoms with Gasteiger partial charge in [0.1, 0.15) is 18.5 Å². The number of rotatable bonds is 13. The van der Waals surface area contributed by atoms with Crippen LogP contribution in [0.1, 0.15) is 34.9 Å². The molecule has 1 aromatic carbocycles. The van der Waals surface area contributed by atoms with Gasteiger partial charge in [0.15, 0.2) is 0 Å². The molecule has 2 atom stereocenters. The van der Waals surface area contributed by atoms with Crippen LogP contribution in [0.15, 0.2) is 22.7 Å².